The van der Waals surface area contributed by atoms with E-state index < -0.39 is 20.7 Å². The summed E-state index contributed by atoms with van der Waals surface area (Å²) in [6.07, 6.45) is 1.06. The maximum absolute atomic E-state index is 11.4. The van der Waals surface area contributed by atoms with Crippen LogP contribution in [0.1, 0.15) is 10.4 Å². The van der Waals surface area contributed by atoms with Crippen molar-refractivity contribution in [1.29, 1.82) is 0 Å². The molecule has 0 bridgehead atoms. The number of carbonyl (C=O) groups excluding carboxylic acids is 1. The van der Waals surface area contributed by atoms with Crippen molar-refractivity contribution in [2.45, 2.75) is 0 Å². The number of nitrogens with zero attached hydrogens (tertiary/aromatic N) is 1. The molecule has 0 radical (unpaired) electrons. The Morgan fingerprint density at radius 2 is 2.10 bits per heavy atom. The summed E-state index contributed by atoms with van der Waals surface area (Å²) in [5, 5.41) is 13.5. The molecule has 0 saturated carbocycles. The van der Waals surface area contributed by atoms with E-state index >= 15 is 0 Å². The van der Waals surface area contributed by atoms with E-state index in [4.69, 9.17) is 0 Å². The molecule has 0 heterocycles. The fraction of sp³-hybridized carbons (Fsp3) is 0.364. The summed E-state index contributed by atoms with van der Waals surface area (Å²) < 4.78 is 26.5. The van der Waals surface area contributed by atoms with Crippen LogP contribution in [0.25, 0.3) is 0 Å². The zero-order valence-corrected chi connectivity index (χ0v) is 11.8. The van der Waals surface area contributed by atoms with E-state index in [1.165, 1.54) is 19.2 Å². The van der Waals surface area contributed by atoms with Crippen LogP contribution < -0.4 is 5.32 Å². The van der Waals surface area contributed by atoms with Gasteiger partial charge in [-0.15, -0.1) is 0 Å². The molecule has 9 heteroatoms. The number of esters is 1. The zero-order valence-electron chi connectivity index (χ0n) is 11.0. The van der Waals surface area contributed by atoms with Crippen LogP contribution in [0.15, 0.2) is 18.2 Å². The van der Waals surface area contributed by atoms with Crippen molar-refractivity contribution < 1.29 is 22.9 Å². The number of sulfone groups is 1. The van der Waals surface area contributed by atoms with Gasteiger partial charge in [-0.2, -0.15) is 0 Å². The van der Waals surface area contributed by atoms with E-state index in [2.05, 4.69) is 10.1 Å². The van der Waals surface area contributed by atoms with Crippen molar-refractivity contribution in [3.05, 3.63) is 33.9 Å². The average molecular weight is 302 g/mol. The number of hydrogen-bond donors (Lipinski definition) is 1. The highest BCUT2D eigenvalue weighted by Crippen LogP contribution is 2.25. The van der Waals surface area contributed by atoms with Crippen LogP contribution in [0.5, 0.6) is 0 Å². The summed E-state index contributed by atoms with van der Waals surface area (Å²) >= 11 is 0. The minimum Gasteiger partial charge on any atom is -0.465 e. The number of rotatable bonds is 6. The quantitative estimate of drug-likeness (QED) is 0.470. The molecule has 0 spiro atoms. The molecule has 0 saturated heterocycles. The van der Waals surface area contributed by atoms with Crippen LogP contribution in [-0.2, 0) is 14.6 Å². The van der Waals surface area contributed by atoms with Crippen LogP contribution in [0, 0.1) is 10.1 Å². The lowest BCUT2D eigenvalue weighted by Gasteiger charge is -2.08. The second-order valence-electron chi connectivity index (χ2n) is 4.04. The third-order valence-electron chi connectivity index (χ3n) is 2.40. The Bertz CT molecular complexity index is 626. The Morgan fingerprint density at radius 1 is 1.45 bits per heavy atom. The summed E-state index contributed by atoms with van der Waals surface area (Å²) in [6.45, 7) is 0.00427. The van der Waals surface area contributed by atoms with Gasteiger partial charge in [-0.1, -0.05) is 0 Å². The summed E-state index contributed by atoms with van der Waals surface area (Å²) in [7, 11) is -1.99. The van der Waals surface area contributed by atoms with Crippen molar-refractivity contribution in [2.24, 2.45) is 0 Å². The number of nitro groups is 1. The molecule has 0 aliphatic heterocycles. The molecule has 8 nitrogen and oxygen atoms in total. The van der Waals surface area contributed by atoms with Gasteiger partial charge in [0, 0.05) is 18.9 Å². The second kappa shape index (κ2) is 6.33. The smallest absolute Gasteiger partial charge is 0.337 e. The topological polar surface area (TPSA) is 116 Å². The van der Waals surface area contributed by atoms with Gasteiger partial charge in [0.25, 0.3) is 5.69 Å². The van der Waals surface area contributed by atoms with Crippen LogP contribution in [0.2, 0.25) is 0 Å². The van der Waals surface area contributed by atoms with Crippen molar-refractivity contribution in [3.63, 3.8) is 0 Å². The van der Waals surface area contributed by atoms with Crippen LogP contribution >= 0.6 is 0 Å². The minimum atomic E-state index is -3.18. The highest BCUT2D eigenvalue weighted by Gasteiger charge is 2.17. The van der Waals surface area contributed by atoms with E-state index in [0.717, 1.165) is 12.3 Å². The lowest BCUT2D eigenvalue weighted by Crippen LogP contribution is -2.15. The largest absolute Gasteiger partial charge is 0.465 e. The first kappa shape index (κ1) is 15.9. The van der Waals surface area contributed by atoms with Gasteiger partial charge in [-0.3, -0.25) is 10.1 Å². The molecule has 110 valence electrons. The molecule has 0 aliphatic rings. The molecular formula is C11H14N2O6S. The predicted molar refractivity (Wildman–Crippen MR) is 72.6 cm³/mol. The first-order chi connectivity index (χ1) is 9.24. The van der Waals surface area contributed by atoms with Gasteiger partial charge in [0.05, 0.1) is 23.3 Å². The molecule has 1 aromatic rings. The molecule has 0 amide bonds. The van der Waals surface area contributed by atoms with Gasteiger partial charge in [0.15, 0.2) is 0 Å². The number of benzene rings is 1. The molecule has 0 aliphatic carbocycles. The SMILES string of the molecule is COC(=O)c1ccc([N+](=O)[O-])c(NCCS(C)(=O)=O)c1. The van der Waals surface area contributed by atoms with E-state index in [0.29, 0.717) is 0 Å². The summed E-state index contributed by atoms with van der Waals surface area (Å²) in [5.74, 6) is -0.807. The highest BCUT2D eigenvalue weighted by atomic mass is 32.2. The summed E-state index contributed by atoms with van der Waals surface area (Å²) in [5.41, 5.74) is -0.0346. The molecule has 1 N–H and O–H groups in total. The van der Waals surface area contributed by atoms with Crippen molar-refractivity contribution in [2.75, 3.05) is 31.0 Å². The first-order valence-corrected chi connectivity index (χ1v) is 7.59. The van der Waals surface area contributed by atoms with E-state index in [-0.39, 0.29) is 29.2 Å². The molecule has 20 heavy (non-hydrogen) atoms. The molecule has 0 unspecified atom stereocenters. The average Bonchev–Trinajstić information content (AvgIpc) is 2.35. The Hall–Kier alpha value is -2.16. The van der Waals surface area contributed by atoms with E-state index in [1.54, 1.807) is 0 Å². The number of anilines is 1. The Morgan fingerprint density at radius 3 is 2.60 bits per heavy atom. The molecule has 0 aromatic heterocycles. The number of nitro benzene ring substituents is 1. The third-order valence-corrected chi connectivity index (χ3v) is 3.35. The molecule has 1 aromatic carbocycles. The Labute approximate surface area is 115 Å². The number of nitrogens with one attached hydrogen (secondary N) is 1. The lowest BCUT2D eigenvalue weighted by molar-refractivity contribution is -0.384. The van der Waals surface area contributed by atoms with Gasteiger partial charge in [0.2, 0.25) is 0 Å². The molecular weight excluding hydrogens is 288 g/mol. The number of carbonyl (C=O) groups is 1. The Kier molecular flexibility index (Phi) is 5.03. The monoisotopic (exact) mass is 302 g/mol. The van der Waals surface area contributed by atoms with Crippen LogP contribution in [0.4, 0.5) is 11.4 Å². The van der Waals surface area contributed by atoms with Gasteiger partial charge in [-0.25, -0.2) is 13.2 Å². The van der Waals surface area contributed by atoms with Gasteiger partial charge < -0.3 is 10.1 Å². The Balaban J connectivity index is 3.00. The fourth-order valence-corrected chi connectivity index (χ4v) is 1.93. The second-order valence-corrected chi connectivity index (χ2v) is 6.30. The first-order valence-electron chi connectivity index (χ1n) is 5.53. The summed E-state index contributed by atoms with van der Waals surface area (Å²) in [6, 6.07) is 3.69. The van der Waals surface area contributed by atoms with Gasteiger partial charge >= 0.3 is 5.97 Å². The molecule has 1 rings (SSSR count). The van der Waals surface area contributed by atoms with Crippen LogP contribution in [-0.4, -0.2) is 45.0 Å². The maximum Gasteiger partial charge on any atom is 0.337 e. The highest BCUT2D eigenvalue weighted by molar-refractivity contribution is 7.90. The maximum atomic E-state index is 11.4. The third kappa shape index (κ3) is 4.50. The normalized spacial score (nSPS) is 10.9. The number of ether oxygens (including phenoxy) is 1. The predicted octanol–water partition coefficient (Wildman–Crippen LogP) is 0.838. The minimum absolute atomic E-state index is 0.00427. The van der Waals surface area contributed by atoms with Gasteiger partial charge in [0.1, 0.15) is 15.5 Å². The van der Waals surface area contributed by atoms with Crippen molar-refractivity contribution in [1.82, 2.24) is 0 Å². The van der Waals surface area contributed by atoms with Crippen molar-refractivity contribution in [3.8, 4) is 0 Å². The van der Waals surface area contributed by atoms with Crippen molar-refractivity contribution >= 4 is 27.2 Å². The van der Waals surface area contributed by atoms with Gasteiger partial charge in [-0.05, 0) is 12.1 Å². The standard InChI is InChI=1S/C11H14N2O6S/c1-19-11(14)8-3-4-10(13(15)16)9(7-8)12-5-6-20(2,17)18/h3-4,7,12H,5-6H2,1-2H3. The number of methoxy groups -OCH3 is 1. The van der Waals surface area contributed by atoms with Crippen LogP contribution in [0.3, 0.4) is 0 Å². The molecule has 0 atom stereocenters. The zero-order chi connectivity index (χ0) is 15.3. The molecule has 0 fully saturated rings. The van der Waals surface area contributed by atoms with E-state index in [9.17, 15) is 23.3 Å². The fourth-order valence-electron chi connectivity index (χ4n) is 1.45. The lowest BCUT2D eigenvalue weighted by atomic mass is 10.1. The number of hydrogen-bond acceptors (Lipinski definition) is 7. The van der Waals surface area contributed by atoms with E-state index in [1.807, 2.05) is 0 Å². The summed E-state index contributed by atoms with van der Waals surface area (Å²) in [4.78, 5) is 21.6.